The first kappa shape index (κ1) is 14.4. The number of carbonyl (C=O) groups is 3. The highest BCUT2D eigenvalue weighted by Crippen LogP contribution is 2.21. The van der Waals surface area contributed by atoms with Gasteiger partial charge in [-0.15, -0.1) is 0 Å². The van der Waals surface area contributed by atoms with E-state index in [4.69, 9.17) is 0 Å². The molecule has 0 bridgehead atoms. The summed E-state index contributed by atoms with van der Waals surface area (Å²) in [6.07, 6.45) is -3.37. The Balaban J connectivity index is 2.32. The SMILES string of the molecule is CCC(C(=O)c1ccccc1)N1C(=O)C(O)C(O)C1=O. The van der Waals surface area contributed by atoms with Gasteiger partial charge in [-0.2, -0.15) is 0 Å². The Kier molecular flexibility index (Phi) is 3.96. The van der Waals surface area contributed by atoms with Crippen LogP contribution >= 0.6 is 0 Å². The third-order valence-electron chi connectivity index (χ3n) is 3.34. The smallest absolute Gasteiger partial charge is 0.262 e. The first-order valence-electron chi connectivity index (χ1n) is 6.31. The lowest BCUT2D eigenvalue weighted by Crippen LogP contribution is -2.45. The van der Waals surface area contributed by atoms with Crippen molar-refractivity contribution in [1.82, 2.24) is 4.90 Å². The second kappa shape index (κ2) is 5.52. The van der Waals surface area contributed by atoms with Gasteiger partial charge in [-0.25, -0.2) is 0 Å². The lowest BCUT2D eigenvalue weighted by molar-refractivity contribution is -0.143. The van der Waals surface area contributed by atoms with Crippen LogP contribution in [0.15, 0.2) is 30.3 Å². The van der Waals surface area contributed by atoms with E-state index in [0.717, 1.165) is 0 Å². The molecule has 20 heavy (non-hydrogen) atoms. The van der Waals surface area contributed by atoms with Crippen molar-refractivity contribution in [2.75, 3.05) is 0 Å². The van der Waals surface area contributed by atoms with Crippen LogP contribution in [0.5, 0.6) is 0 Å². The van der Waals surface area contributed by atoms with Gasteiger partial charge in [0.2, 0.25) is 0 Å². The van der Waals surface area contributed by atoms with Gasteiger partial charge in [0.1, 0.15) is 6.04 Å². The molecule has 1 fully saturated rings. The van der Waals surface area contributed by atoms with E-state index in [1.807, 2.05) is 0 Å². The van der Waals surface area contributed by atoms with Gasteiger partial charge in [-0.1, -0.05) is 37.3 Å². The van der Waals surface area contributed by atoms with Gasteiger partial charge < -0.3 is 10.2 Å². The molecule has 0 radical (unpaired) electrons. The van der Waals surface area contributed by atoms with Crippen LogP contribution in [0.1, 0.15) is 23.7 Å². The molecule has 6 nitrogen and oxygen atoms in total. The second-order valence-electron chi connectivity index (χ2n) is 4.59. The second-order valence-corrected chi connectivity index (χ2v) is 4.59. The van der Waals surface area contributed by atoms with E-state index in [2.05, 4.69) is 0 Å². The van der Waals surface area contributed by atoms with Crippen molar-refractivity contribution in [2.45, 2.75) is 31.6 Å². The van der Waals surface area contributed by atoms with Gasteiger partial charge in [0.05, 0.1) is 0 Å². The first-order valence-corrected chi connectivity index (χ1v) is 6.31. The molecule has 2 rings (SSSR count). The van der Waals surface area contributed by atoms with Crippen LogP contribution in [-0.4, -0.2) is 51.0 Å². The molecule has 0 saturated carbocycles. The molecule has 1 saturated heterocycles. The molecule has 0 aromatic heterocycles. The van der Waals surface area contributed by atoms with Crippen molar-refractivity contribution in [3.05, 3.63) is 35.9 Å². The fraction of sp³-hybridized carbons (Fsp3) is 0.357. The minimum atomic E-state index is -1.79. The van der Waals surface area contributed by atoms with Gasteiger partial charge in [0.25, 0.3) is 11.8 Å². The fourth-order valence-corrected chi connectivity index (χ4v) is 2.25. The number of amides is 2. The lowest BCUT2D eigenvalue weighted by atomic mass is 10.0. The van der Waals surface area contributed by atoms with Crippen LogP contribution in [0, 0.1) is 0 Å². The van der Waals surface area contributed by atoms with E-state index in [0.29, 0.717) is 10.5 Å². The highest BCUT2D eigenvalue weighted by atomic mass is 16.4. The topological polar surface area (TPSA) is 94.9 Å². The third-order valence-corrected chi connectivity index (χ3v) is 3.34. The highest BCUT2D eigenvalue weighted by molar-refractivity contribution is 6.13. The van der Waals surface area contributed by atoms with Crippen molar-refractivity contribution in [3.8, 4) is 0 Å². The van der Waals surface area contributed by atoms with Crippen LogP contribution in [0.25, 0.3) is 0 Å². The van der Waals surface area contributed by atoms with Crippen molar-refractivity contribution in [2.24, 2.45) is 0 Å². The molecule has 1 heterocycles. The molecule has 0 spiro atoms. The zero-order valence-corrected chi connectivity index (χ0v) is 10.9. The number of imide groups is 1. The number of benzene rings is 1. The molecule has 1 aliphatic heterocycles. The van der Waals surface area contributed by atoms with Gasteiger partial charge in [-0.05, 0) is 6.42 Å². The quantitative estimate of drug-likeness (QED) is 0.584. The number of ketones is 1. The molecule has 106 valence electrons. The molecular weight excluding hydrogens is 262 g/mol. The normalized spacial score (nSPS) is 24.1. The summed E-state index contributed by atoms with van der Waals surface area (Å²) in [6.45, 7) is 1.66. The van der Waals surface area contributed by atoms with E-state index in [-0.39, 0.29) is 6.42 Å². The first-order chi connectivity index (χ1) is 9.49. The van der Waals surface area contributed by atoms with Gasteiger partial charge >= 0.3 is 0 Å². The predicted octanol–water partition coefficient (Wildman–Crippen LogP) is -0.261. The Morgan fingerprint density at radius 1 is 1.15 bits per heavy atom. The van der Waals surface area contributed by atoms with Crippen molar-refractivity contribution in [1.29, 1.82) is 0 Å². The summed E-state index contributed by atoms with van der Waals surface area (Å²) < 4.78 is 0. The van der Waals surface area contributed by atoms with Crippen molar-refractivity contribution in [3.63, 3.8) is 0 Å². The average molecular weight is 277 g/mol. The number of aliphatic hydroxyl groups excluding tert-OH is 2. The summed E-state index contributed by atoms with van der Waals surface area (Å²) in [6, 6.07) is 7.27. The Labute approximate surface area is 115 Å². The Bertz CT molecular complexity index is 522. The molecule has 1 aromatic carbocycles. The minimum absolute atomic E-state index is 0.213. The molecule has 1 aromatic rings. The maximum Gasteiger partial charge on any atom is 0.262 e. The molecule has 2 amide bonds. The zero-order chi connectivity index (χ0) is 14.9. The van der Waals surface area contributed by atoms with E-state index in [1.165, 1.54) is 0 Å². The number of aliphatic hydroxyl groups is 2. The summed E-state index contributed by atoms with van der Waals surface area (Å²) >= 11 is 0. The number of Topliss-reactive ketones (excluding diaryl/α,β-unsaturated/α-hetero) is 1. The average Bonchev–Trinajstić information content (AvgIpc) is 2.66. The number of hydrogen-bond acceptors (Lipinski definition) is 5. The van der Waals surface area contributed by atoms with Crippen LogP contribution in [0.3, 0.4) is 0 Å². The number of rotatable bonds is 4. The number of likely N-dealkylation sites (tertiary alicyclic amines) is 1. The lowest BCUT2D eigenvalue weighted by Gasteiger charge is -2.23. The summed E-state index contributed by atoms with van der Waals surface area (Å²) in [5.74, 6) is -2.26. The number of nitrogens with zero attached hydrogens (tertiary/aromatic N) is 1. The van der Waals surface area contributed by atoms with Crippen molar-refractivity contribution < 1.29 is 24.6 Å². The Morgan fingerprint density at radius 3 is 2.10 bits per heavy atom. The molecule has 3 unspecified atom stereocenters. The molecule has 2 N–H and O–H groups in total. The summed E-state index contributed by atoms with van der Waals surface area (Å²) in [4.78, 5) is 36.6. The largest absolute Gasteiger partial charge is 0.380 e. The molecule has 1 aliphatic rings. The van der Waals surface area contributed by atoms with Gasteiger partial charge in [-0.3, -0.25) is 19.3 Å². The van der Waals surface area contributed by atoms with E-state index in [9.17, 15) is 24.6 Å². The molecule has 3 atom stereocenters. The van der Waals surface area contributed by atoms with Crippen LogP contribution in [0.2, 0.25) is 0 Å². The zero-order valence-electron chi connectivity index (χ0n) is 10.9. The third kappa shape index (κ3) is 2.23. The van der Waals surface area contributed by atoms with Crippen LogP contribution in [0.4, 0.5) is 0 Å². The molecule has 0 aliphatic carbocycles. The van der Waals surface area contributed by atoms with E-state index in [1.54, 1.807) is 37.3 Å². The van der Waals surface area contributed by atoms with E-state index >= 15 is 0 Å². The molecular formula is C14H15NO5. The van der Waals surface area contributed by atoms with Gasteiger partial charge in [0, 0.05) is 5.56 Å². The van der Waals surface area contributed by atoms with E-state index < -0.39 is 35.8 Å². The van der Waals surface area contributed by atoms with Crippen molar-refractivity contribution >= 4 is 17.6 Å². The summed E-state index contributed by atoms with van der Waals surface area (Å²) in [5, 5.41) is 18.9. The standard InChI is InChI=1S/C14H15NO5/c1-2-9(10(16)8-6-4-3-5-7-8)15-13(19)11(17)12(18)14(15)20/h3-7,9,11-12,17-18H,2H2,1H3. The van der Waals surface area contributed by atoms with Crippen LogP contribution < -0.4 is 0 Å². The van der Waals surface area contributed by atoms with Crippen LogP contribution in [-0.2, 0) is 9.59 Å². The number of carbonyl (C=O) groups excluding carboxylic acids is 3. The maximum absolute atomic E-state index is 12.4. The predicted molar refractivity (Wildman–Crippen MR) is 68.7 cm³/mol. The monoisotopic (exact) mass is 277 g/mol. The highest BCUT2D eigenvalue weighted by Gasteiger charge is 2.50. The summed E-state index contributed by atoms with van der Waals surface area (Å²) in [5.41, 5.74) is 0.371. The van der Waals surface area contributed by atoms with Gasteiger partial charge in [0.15, 0.2) is 18.0 Å². The Hall–Kier alpha value is -2.05. The fourth-order valence-electron chi connectivity index (χ4n) is 2.25. The summed E-state index contributed by atoms with van der Waals surface area (Å²) in [7, 11) is 0. The molecule has 6 heteroatoms. The minimum Gasteiger partial charge on any atom is -0.380 e. The number of hydrogen-bond donors (Lipinski definition) is 2. The maximum atomic E-state index is 12.4. The Morgan fingerprint density at radius 2 is 1.65 bits per heavy atom.